The lowest BCUT2D eigenvalue weighted by atomic mass is 9.82. The van der Waals surface area contributed by atoms with Gasteiger partial charge in [0.2, 0.25) is 0 Å². The lowest BCUT2D eigenvalue weighted by Crippen LogP contribution is -2.15. The van der Waals surface area contributed by atoms with E-state index < -0.39 is 0 Å². The van der Waals surface area contributed by atoms with Gasteiger partial charge < -0.3 is 4.42 Å². The third kappa shape index (κ3) is 5.34. The molecule has 2 aromatic heterocycles. The summed E-state index contributed by atoms with van der Waals surface area (Å²) in [5.41, 5.74) is 14.1. The van der Waals surface area contributed by atoms with E-state index >= 15 is 0 Å². The van der Waals surface area contributed by atoms with Gasteiger partial charge in [-0.3, -0.25) is 0 Å². The first-order valence-electron chi connectivity index (χ1n) is 20.5. The van der Waals surface area contributed by atoms with Crippen molar-refractivity contribution in [3.05, 3.63) is 199 Å². The molecular weight excluding hydrogens is 731 g/mol. The summed E-state index contributed by atoms with van der Waals surface area (Å²) in [5, 5.41) is 7.13. The molecular formula is C56H37N3O. The Balaban J connectivity index is 1.00. The number of hydrogen-bond donors (Lipinski definition) is 0. The third-order valence-electron chi connectivity index (χ3n) is 12.5. The standard InChI is InChI=1S/C56H37N3O/c1-56(2)48-24-11-10-22-44(48)45-28-26-39(33-49(45)56)55-58-53(34-14-4-3-5-15-34)57-54(59-55)38-18-12-17-35(30-38)41-23-13-25-51-52(41)47-32-37(27-29-50(47)60-51)46-31-36-16-6-7-19-40(36)42-20-8-9-21-43(42)46/h3-33H,1-2H3. The van der Waals surface area contributed by atoms with Crippen LogP contribution in [0.4, 0.5) is 0 Å². The molecule has 4 nitrogen and oxygen atoms in total. The van der Waals surface area contributed by atoms with Crippen molar-refractivity contribution in [3.8, 4) is 67.5 Å². The van der Waals surface area contributed by atoms with Crippen molar-refractivity contribution in [3.63, 3.8) is 0 Å². The number of benzene rings is 9. The van der Waals surface area contributed by atoms with Gasteiger partial charge in [0.25, 0.3) is 0 Å². The molecule has 0 saturated carbocycles. The highest BCUT2D eigenvalue weighted by Crippen LogP contribution is 2.49. The molecule has 0 amide bonds. The fraction of sp³-hybridized carbons (Fsp3) is 0.0536. The molecule has 9 aromatic carbocycles. The smallest absolute Gasteiger partial charge is 0.164 e. The number of furan rings is 1. The summed E-state index contributed by atoms with van der Waals surface area (Å²) in [4.78, 5) is 15.4. The van der Waals surface area contributed by atoms with Gasteiger partial charge in [-0.1, -0.05) is 166 Å². The average molecular weight is 768 g/mol. The van der Waals surface area contributed by atoms with E-state index in [0.717, 1.165) is 55.3 Å². The van der Waals surface area contributed by atoms with Crippen LogP contribution in [-0.4, -0.2) is 15.0 Å². The molecule has 11 aromatic rings. The molecule has 0 bridgehead atoms. The van der Waals surface area contributed by atoms with Crippen molar-refractivity contribution in [2.24, 2.45) is 0 Å². The lowest BCUT2D eigenvalue weighted by Gasteiger charge is -2.21. The quantitative estimate of drug-likeness (QED) is 0.164. The van der Waals surface area contributed by atoms with E-state index in [2.05, 4.69) is 184 Å². The van der Waals surface area contributed by atoms with Gasteiger partial charge >= 0.3 is 0 Å². The zero-order chi connectivity index (χ0) is 40.0. The minimum absolute atomic E-state index is 0.142. The van der Waals surface area contributed by atoms with Crippen LogP contribution in [-0.2, 0) is 5.41 Å². The van der Waals surface area contributed by atoms with E-state index in [1.165, 1.54) is 49.4 Å². The van der Waals surface area contributed by atoms with E-state index in [-0.39, 0.29) is 5.41 Å². The Morgan fingerprint density at radius 3 is 1.80 bits per heavy atom. The largest absolute Gasteiger partial charge is 0.456 e. The molecule has 0 aliphatic heterocycles. The van der Waals surface area contributed by atoms with E-state index in [4.69, 9.17) is 19.4 Å². The monoisotopic (exact) mass is 767 g/mol. The fourth-order valence-corrected chi connectivity index (χ4v) is 9.55. The second-order valence-electron chi connectivity index (χ2n) is 16.4. The molecule has 0 fully saturated rings. The second kappa shape index (κ2) is 13.2. The first-order chi connectivity index (χ1) is 29.5. The Kier molecular flexibility index (Phi) is 7.54. The SMILES string of the molecule is CC1(C)c2ccccc2-c2ccc(-c3nc(-c4ccccc4)nc(-c4cccc(-c5cccc6oc7ccc(-c8cc9ccccc9c9ccccc89)cc7c56)c4)n3)cc21. The molecule has 0 radical (unpaired) electrons. The van der Waals surface area contributed by atoms with Crippen LogP contribution in [0.5, 0.6) is 0 Å². The van der Waals surface area contributed by atoms with Gasteiger partial charge in [-0.25, -0.2) is 15.0 Å². The molecule has 1 aliphatic rings. The van der Waals surface area contributed by atoms with E-state index in [9.17, 15) is 0 Å². The normalized spacial score (nSPS) is 13.0. The Morgan fingerprint density at radius 1 is 0.350 bits per heavy atom. The minimum atomic E-state index is -0.142. The highest BCUT2D eigenvalue weighted by Gasteiger charge is 2.35. The van der Waals surface area contributed by atoms with E-state index in [1.807, 2.05) is 18.2 Å². The van der Waals surface area contributed by atoms with Gasteiger partial charge in [0, 0.05) is 32.9 Å². The van der Waals surface area contributed by atoms with Crippen molar-refractivity contribution >= 4 is 43.5 Å². The Morgan fingerprint density at radius 2 is 0.950 bits per heavy atom. The number of aromatic nitrogens is 3. The number of nitrogens with zero attached hydrogens (tertiary/aromatic N) is 3. The van der Waals surface area contributed by atoms with Crippen LogP contribution in [0, 0.1) is 0 Å². The molecule has 1 aliphatic carbocycles. The summed E-state index contributed by atoms with van der Waals surface area (Å²) >= 11 is 0. The highest BCUT2D eigenvalue weighted by molar-refractivity contribution is 6.17. The van der Waals surface area contributed by atoms with Crippen LogP contribution in [0.25, 0.3) is 111 Å². The summed E-state index contributed by atoms with van der Waals surface area (Å²) in [5.74, 6) is 1.91. The van der Waals surface area contributed by atoms with Crippen LogP contribution in [0.15, 0.2) is 192 Å². The van der Waals surface area contributed by atoms with Gasteiger partial charge in [0.15, 0.2) is 17.5 Å². The highest BCUT2D eigenvalue weighted by atomic mass is 16.3. The van der Waals surface area contributed by atoms with Gasteiger partial charge in [-0.15, -0.1) is 0 Å². The van der Waals surface area contributed by atoms with Gasteiger partial charge in [0.05, 0.1) is 0 Å². The first-order valence-corrected chi connectivity index (χ1v) is 20.5. The van der Waals surface area contributed by atoms with Crippen molar-refractivity contribution in [2.75, 3.05) is 0 Å². The average Bonchev–Trinajstić information content (AvgIpc) is 3.80. The molecule has 60 heavy (non-hydrogen) atoms. The number of rotatable bonds is 5. The van der Waals surface area contributed by atoms with Crippen molar-refractivity contribution in [1.82, 2.24) is 15.0 Å². The van der Waals surface area contributed by atoms with Crippen LogP contribution < -0.4 is 0 Å². The van der Waals surface area contributed by atoms with E-state index in [1.54, 1.807) is 0 Å². The molecule has 0 saturated heterocycles. The summed E-state index contributed by atoms with van der Waals surface area (Å²) in [7, 11) is 0. The summed E-state index contributed by atoms with van der Waals surface area (Å²) in [6, 6.07) is 66.7. The van der Waals surface area contributed by atoms with Crippen LogP contribution >= 0.6 is 0 Å². The summed E-state index contributed by atoms with van der Waals surface area (Å²) in [6.07, 6.45) is 0. The lowest BCUT2D eigenvalue weighted by molar-refractivity contribution is 0.660. The van der Waals surface area contributed by atoms with Crippen LogP contribution in [0.2, 0.25) is 0 Å². The Bertz CT molecular complexity index is 3530. The zero-order valence-corrected chi connectivity index (χ0v) is 33.1. The number of hydrogen-bond acceptors (Lipinski definition) is 4. The molecule has 0 unspecified atom stereocenters. The van der Waals surface area contributed by atoms with Crippen molar-refractivity contribution < 1.29 is 4.42 Å². The molecule has 282 valence electrons. The molecule has 4 heteroatoms. The predicted octanol–water partition coefficient (Wildman–Crippen LogP) is 14.7. The molecule has 12 rings (SSSR count). The maximum absolute atomic E-state index is 6.54. The zero-order valence-electron chi connectivity index (χ0n) is 33.1. The maximum atomic E-state index is 6.54. The molecule has 0 atom stereocenters. The molecule has 0 spiro atoms. The van der Waals surface area contributed by atoms with Crippen LogP contribution in [0.3, 0.4) is 0 Å². The summed E-state index contributed by atoms with van der Waals surface area (Å²) in [6.45, 7) is 4.61. The fourth-order valence-electron chi connectivity index (χ4n) is 9.55. The Labute approximate surface area is 347 Å². The minimum Gasteiger partial charge on any atom is -0.456 e. The maximum Gasteiger partial charge on any atom is 0.164 e. The predicted molar refractivity (Wildman–Crippen MR) is 247 cm³/mol. The van der Waals surface area contributed by atoms with Crippen molar-refractivity contribution in [2.45, 2.75) is 19.3 Å². The molecule has 2 heterocycles. The topological polar surface area (TPSA) is 51.8 Å². The first kappa shape index (κ1) is 34.4. The second-order valence-corrected chi connectivity index (χ2v) is 16.4. The number of fused-ring (bicyclic) bond motifs is 9. The third-order valence-corrected chi connectivity index (χ3v) is 12.5. The van der Waals surface area contributed by atoms with Gasteiger partial charge in [-0.05, 0) is 102 Å². The van der Waals surface area contributed by atoms with Crippen molar-refractivity contribution in [1.29, 1.82) is 0 Å². The van der Waals surface area contributed by atoms with Crippen LogP contribution in [0.1, 0.15) is 25.0 Å². The Hall–Kier alpha value is -7.69. The molecule has 0 N–H and O–H groups in total. The van der Waals surface area contributed by atoms with Gasteiger partial charge in [0.1, 0.15) is 11.2 Å². The van der Waals surface area contributed by atoms with Gasteiger partial charge in [-0.2, -0.15) is 0 Å². The summed E-state index contributed by atoms with van der Waals surface area (Å²) < 4.78 is 6.54. The van der Waals surface area contributed by atoms with E-state index in [0.29, 0.717) is 17.5 Å².